The number of ether oxygens (including phenoxy) is 1. The first-order valence-corrected chi connectivity index (χ1v) is 8.93. The largest absolute Gasteiger partial charge is 0.394 e. The summed E-state index contributed by atoms with van der Waals surface area (Å²) in [5.74, 6) is 0.541. The minimum atomic E-state index is -1.28. The molecule has 1 aliphatic heterocycles. The van der Waals surface area contributed by atoms with Gasteiger partial charge in [0.15, 0.2) is 23.2 Å². The Hall–Kier alpha value is -2.79. The van der Waals surface area contributed by atoms with Crippen molar-refractivity contribution in [3.05, 3.63) is 42.2 Å². The van der Waals surface area contributed by atoms with E-state index < -0.39 is 31.1 Å². The van der Waals surface area contributed by atoms with Crippen LogP contribution in [-0.2, 0) is 4.74 Å². The number of hydrogen-bond donors (Lipinski definition) is 5. The van der Waals surface area contributed by atoms with Crippen LogP contribution in [0.3, 0.4) is 0 Å². The number of anilines is 2. The van der Waals surface area contributed by atoms with Crippen LogP contribution in [0, 0.1) is 0 Å². The van der Waals surface area contributed by atoms with Crippen LogP contribution in [0.5, 0.6) is 0 Å². The summed E-state index contributed by atoms with van der Waals surface area (Å²) >= 11 is 0. The predicted molar refractivity (Wildman–Crippen MR) is 101 cm³/mol. The van der Waals surface area contributed by atoms with Gasteiger partial charge < -0.3 is 31.1 Å². The molecule has 1 fully saturated rings. The molecule has 0 saturated carbocycles. The third kappa shape index (κ3) is 3.06. The minimum Gasteiger partial charge on any atom is -0.394 e. The quantitative estimate of drug-likeness (QED) is 0.414. The fraction of sp³-hybridized carbons (Fsp3) is 0.389. The molecule has 0 aliphatic carbocycles. The van der Waals surface area contributed by atoms with Gasteiger partial charge in [-0.2, -0.15) is 0 Å². The molecule has 10 heteroatoms. The van der Waals surface area contributed by atoms with Crippen LogP contribution < -0.4 is 11.1 Å². The van der Waals surface area contributed by atoms with Crippen LogP contribution in [0.2, 0.25) is 0 Å². The molecule has 2 aromatic heterocycles. The Morgan fingerprint density at radius 2 is 1.96 bits per heavy atom. The second kappa shape index (κ2) is 7.32. The molecule has 0 bridgehead atoms. The Bertz CT molecular complexity index is 965. The maximum atomic E-state index is 10.5. The Kier molecular flexibility index (Phi) is 4.85. The van der Waals surface area contributed by atoms with Crippen LogP contribution >= 0.6 is 0 Å². The number of aliphatic hydroxyl groups excluding tert-OH is 3. The first kappa shape index (κ1) is 18.6. The Morgan fingerprint density at radius 3 is 2.64 bits per heavy atom. The Balaban J connectivity index is 1.78. The summed E-state index contributed by atoms with van der Waals surface area (Å²) in [4.78, 5) is 12.7. The van der Waals surface area contributed by atoms with Gasteiger partial charge in [-0.1, -0.05) is 30.3 Å². The van der Waals surface area contributed by atoms with E-state index in [1.807, 2.05) is 37.3 Å². The van der Waals surface area contributed by atoms with Gasteiger partial charge in [-0.3, -0.25) is 4.57 Å². The number of rotatable bonds is 5. The summed E-state index contributed by atoms with van der Waals surface area (Å²) in [5, 5.41) is 33.3. The second-order valence-corrected chi connectivity index (χ2v) is 6.74. The molecule has 0 spiro atoms. The summed E-state index contributed by atoms with van der Waals surface area (Å²) in [6, 6.07) is 9.64. The molecule has 1 aliphatic rings. The lowest BCUT2D eigenvalue weighted by atomic mass is 10.1. The van der Waals surface area contributed by atoms with Crippen molar-refractivity contribution in [2.75, 3.05) is 17.7 Å². The third-order valence-corrected chi connectivity index (χ3v) is 4.92. The number of nitrogens with two attached hydrogens (primary N) is 1. The number of aliphatic hydroxyl groups is 3. The standard InChI is InChI=1S/C18H22N6O4/c1-9(10-5-3-2-4-6-10)22-18-23-12-15(19)20-8-21-16(12)24(18)17-14(27)13(26)11(7-25)28-17/h2-6,8-9,11,13-14,17,25-27H,7H2,1H3,(H,22,23)(H2,19,20,21)/t9-,11-,13?,14?,17-/m1/s1. The highest BCUT2D eigenvalue weighted by molar-refractivity contribution is 5.84. The molecular formula is C18H22N6O4. The van der Waals surface area contributed by atoms with Gasteiger partial charge in [0.2, 0.25) is 5.95 Å². The molecule has 28 heavy (non-hydrogen) atoms. The van der Waals surface area contributed by atoms with Crippen LogP contribution in [0.1, 0.15) is 24.8 Å². The number of nitrogens with zero attached hydrogens (tertiary/aromatic N) is 4. The highest BCUT2D eigenvalue weighted by Gasteiger charge is 2.45. The monoisotopic (exact) mass is 386 g/mol. The van der Waals surface area contributed by atoms with E-state index in [2.05, 4.69) is 20.3 Å². The summed E-state index contributed by atoms with van der Waals surface area (Å²) in [6.07, 6.45) is -3.15. The molecule has 6 N–H and O–H groups in total. The number of aromatic nitrogens is 4. The van der Waals surface area contributed by atoms with Crippen molar-refractivity contribution in [3.63, 3.8) is 0 Å². The summed E-state index contributed by atoms with van der Waals surface area (Å²) in [5.41, 5.74) is 7.68. The summed E-state index contributed by atoms with van der Waals surface area (Å²) in [6.45, 7) is 1.53. The molecule has 148 valence electrons. The maximum absolute atomic E-state index is 10.5. The average Bonchev–Trinajstić information content (AvgIpc) is 3.21. The summed E-state index contributed by atoms with van der Waals surface area (Å²) < 4.78 is 7.23. The number of nitrogen functional groups attached to an aromatic ring is 1. The zero-order valence-corrected chi connectivity index (χ0v) is 15.2. The number of hydrogen-bond acceptors (Lipinski definition) is 9. The van der Waals surface area contributed by atoms with Crippen LogP contribution in [0.15, 0.2) is 36.7 Å². The molecular weight excluding hydrogens is 364 g/mol. The molecule has 1 saturated heterocycles. The van der Waals surface area contributed by atoms with Gasteiger partial charge in [-0.15, -0.1) is 0 Å². The van der Waals surface area contributed by atoms with E-state index in [1.54, 1.807) is 0 Å². The van der Waals surface area contributed by atoms with Crippen molar-refractivity contribution in [2.45, 2.75) is 37.5 Å². The SMILES string of the molecule is C[C@@H](Nc1nc2c(N)ncnc2n1[C@@H]1O[C@H](CO)C(O)C1O)c1ccccc1. The van der Waals surface area contributed by atoms with E-state index in [4.69, 9.17) is 10.5 Å². The molecule has 10 nitrogen and oxygen atoms in total. The molecule has 0 radical (unpaired) electrons. The highest BCUT2D eigenvalue weighted by atomic mass is 16.6. The fourth-order valence-electron chi connectivity index (χ4n) is 3.38. The van der Waals surface area contributed by atoms with Crippen molar-refractivity contribution in [3.8, 4) is 0 Å². The third-order valence-electron chi connectivity index (χ3n) is 4.92. The smallest absolute Gasteiger partial charge is 0.208 e. The summed E-state index contributed by atoms with van der Waals surface area (Å²) in [7, 11) is 0. The average molecular weight is 386 g/mol. The topological polar surface area (TPSA) is 152 Å². The fourth-order valence-corrected chi connectivity index (χ4v) is 3.38. The minimum absolute atomic E-state index is 0.122. The maximum Gasteiger partial charge on any atom is 0.208 e. The van der Waals surface area contributed by atoms with E-state index in [0.29, 0.717) is 17.1 Å². The molecule has 3 aromatic rings. The lowest BCUT2D eigenvalue weighted by molar-refractivity contribution is -0.0501. The molecule has 4 rings (SSSR count). The van der Waals surface area contributed by atoms with E-state index >= 15 is 0 Å². The molecule has 2 unspecified atom stereocenters. The predicted octanol–water partition coefficient (Wildman–Crippen LogP) is 0.193. The first-order valence-electron chi connectivity index (χ1n) is 8.93. The number of fused-ring (bicyclic) bond motifs is 1. The molecule has 3 heterocycles. The van der Waals surface area contributed by atoms with E-state index in [9.17, 15) is 15.3 Å². The molecule has 1 aromatic carbocycles. The van der Waals surface area contributed by atoms with Gasteiger partial charge in [0.05, 0.1) is 12.6 Å². The van der Waals surface area contributed by atoms with Gasteiger partial charge in [-0.05, 0) is 12.5 Å². The number of imidazole rings is 1. The van der Waals surface area contributed by atoms with Crippen molar-refractivity contribution in [1.29, 1.82) is 0 Å². The molecule has 5 atom stereocenters. The van der Waals surface area contributed by atoms with Crippen molar-refractivity contribution < 1.29 is 20.1 Å². The highest BCUT2D eigenvalue weighted by Crippen LogP contribution is 2.36. The van der Waals surface area contributed by atoms with Crippen LogP contribution in [0.25, 0.3) is 11.2 Å². The van der Waals surface area contributed by atoms with Crippen molar-refractivity contribution >= 4 is 22.9 Å². The van der Waals surface area contributed by atoms with Crippen molar-refractivity contribution in [1.82, 2.24) is 19.5 Å². The van der Waals surface area contributed by atoms with Crippen LogP contribution in [0.4, 0.5) is 11.8 Å². The Morgan fingerprint density at radius 1 is 1.21 bits per heavy atom. The zero-order chi connectivity index (χ0) is 19.8. The lowest BCUT2D eigenvalue weighted by Gasteiger charge is -2.22. The lowest BCUT2D eigenvalue weighted by Crippen LogP contribution is -2.33. The van der Waals surface area contributed by atoms with E-state index in [1.165, 1.54) is 10.9 Å². The second-order valence-electron chi connectivity index (χ2n) is 6.74. The van der Waals surface area contributed by atoms with Gasteiger partial charge in [0.1, 0.15) is 24.6 Å². The van der Waals surface area contributed by atoms with Gasteiger partial charge >= 0.3 is 0 Å². The van der Waals surface area contributed by atoms with E-state index in [-0.39, 0.29) is 11.9 Å². The Labute approximate surface area is 160 Å². The zero-order valence-electron chi connectivity index (χ0n) is 15.2. The van der Waals surface area contributed by atoms with Gasteiger partial charge in [0, 0.05) is 0 Å². The number of nitrogens with one attached hydrogen (secondary N) is 1. The van der Waals surface area contributed by atoms with Gasteiger partial charge in [-0.25, -0.2) is 15.0 Å². The number of benzene rings is 1. The van der Waals surface area contributed by atoms with Crippen molar-refractivity contribution in [2.24, 2.45) is 0 Å². The van der Waals surface area contributed by atoms with Crippen LogP contribution in [-0.4, -0.2) is 59.8 Å². The van der Waals surface area contributed by atoms with E-state index in [0.717, 1.165) is 5.56 Å². The first-order chi connectivity index (χ1) is 13.5. The normalized spacial score (nSPS) is 25.9. The molecule has 0 amide bonds. The van der Waals surface area contributed by atoms with Gasteiger partial charge in [0.25, 0.3) is 0 Å².